The summed E-state index contributed by atoms with van der Waals surface area (Å²) < 4.78 is 2.62. The second-order valence-electron chi connectivity index (χ2n) is 6.36. The normalized spacial score (nSPS) is 15.2. The number of likely N-dealkylation sites (tertiary alicyclic amines) is 1. The predicted molar refractivity (Wildman–Crippen MR) is 99.3 cm³/mol. The van der Waals surface area contributed by atoms with Gasteiger partial charge in [0.1, 0.15) is 5.82 Å². The van der Waals surface area contributed by atoms with E-state index in [0.717, 1.165) is 10.2 Å². The Morgan fingerprint density at radius 2 is 1.84 bits per heavy atom. The van der Waals surface area contributed by atoms with Crippen molar-refractivity contribution in [1.82, 2.24) is 14.7 Å². The summed E-state index contributed by atoms with van der Waals surface area (Å²) in [5, 5.41) is 7.17. The van der Waals surface area contributed by atoms with Crippen molar-refractivity contribution < 1.29 is 9.59 Å². The Balaban J connectivity index is 1.56. The predicted octanol–water partition coefficient (Wildman–Crippen LogP) is 2.98. The molecule has 2 aromatic rings. The lowest BCUT2D eigenvalue weighted by Crippen LogP contribution is -2.41. The third-order valence-corrected chi connectivity index (χ3v) is 5.03. The van der Waals surface area contributed by atoms with Crippen LogP contribution in [0.1, 0.15) is 28.9 Å². The summed E-state index contributed by atoms with van der Waals surface area (Å²) in [5.41, 5.74) is 1.55. The average Bonchev–Trinajstić information content (AvgIpc) is 2.92. The molecule has 25 heavy (non-hydrogen) atoms. The minimum Gasteiger partial charge on any atom is -0.339 e. The van der Waals surface area contributed by atoms with Crippen LogP contribution in [0.4, 0.5) is 5.82 Å². The zero-order chi connectivity index (χ0) is 18.0. The Morgan fingerprint density at radius 1 is 1.20 bits per heavy atom. The van der Waals surface area contributed by atoms with Crippen molar-refractivity contribution >= 4 is 33.6 Å². The zero-order valence-corrected chi connectivity index (χ0v) is 15.9. The number of hydrogen-bond acceptors (Lipinski definition) is 3. The quantitative estimate of drug-likeness (QED) is 0.854. The first kappa shape index (κ1) is 17.7. The summed E-state index contributed by atoms with van der Waals surface area (Å²) >= 11 is 3.37. The standard InChI is InChI=1S/C18H21BrN4O2/c1-12-11-16(22(2)21-12)20-17(24)13-7-9-23(10-8-13)18(25)14-3-5-15(19)6-4-14/h3-6,11,13H,7-10H2,1-2H3,(H,20,24). The van der Waals surface area contributed by atoms with Crippen molar-refractivity contribution in [2.45, 2.75) is 19.8 Å². The molecule has 2 amide bonds. The first-order valence-electron chi connectivity index (χ1n) is 8.30. The Bertz CT molecular complexity index is 777. The average molecular weight is 405 g/mol. The molecule has 0 atom stereocenters. The number of halogens is 1. The van der Waals surface area contributed by atoms with Crippen LogP contribution in [-0.4, -0.2) is 39.6 Å². The molecule has 0 aliphatic carbocycles. The highest BCUT2D eigenvalue weighted by Crippen LogP contribution is 2.22. The van der Waals surface area contributed by atoms with Crippen molar-refractivity contribution in [2.75, 3.05) is 18.4 Å². The number of benzene rings is 1. The van der Waals surface area contributed by atoms with Crippen molar-refractivity contribution in [2.24, 2.45) is 13.0 Å². The third-order valence-electron chi connectivity index (χ3n) is 4.50. The van der Waals surface area contributed by atoms with Gasteiger partial charge in [-0.15, -0.1) is 0 Å². The van der Waals surface area contributed by atoms with Gasteiger partial charge in [-0.2, -0.15) is 5.10 Å². The van der Waals surface area contributed by atoms with E-state index in [4.69, 9.17) is 0 Å². The lowest BCUT2D eigenvalue weighted by atomic mass is 9.95. The SMILES string of the molecule is Cc1cc(NC(=O)C2CCN(C(=O)c3ccc(Br)cc3)CC2)n(C)n1. The van der Waals surface area contributed by atoms with Crippen LogP contribution in [0.2, 0.25) is 0 Å². The molecular weight excluding hydrogens is 384 g/mol. The summed E-state index contributed by atoms with van der Waals surface area (Å²) in [6.07, 6.45) is 1.34. The summed E-state index contributed by atoms with van der Waals surface area (Å²) in [5.74, 6) is 0.646. The molecular formula is C18H21BrN4O2. The maximum absolute atomic E-state index is 12.5. The summed E-state index contributed by atoms with van der Waals surface area (Å²) in [6, 6.07) is 9.21. The number of rotatable bonds is 3. The second-order valence-corrected chi connectivity index (χ2v) is 7.27. The number of amides is 2. The number of piperidine rings is 1. The van der Waals surface area contributed by atoms with Crippen molar-refractivity contribution in [3.05, 3.63) is 46.1 Å². The molecule has 132 valence electrons. The van der Waals surface area contributed by atoms with E-state index in [2.05, 4.69) is 26.3 Å². The molecule has 0 bridgehead atoms. The molecule has 0 radical (unpaired) electrons. The maximum atomic E-state index is 12.5. The van der Waals surface area contributed by atoms with Gasteiger partial charge in [-0.1, -0.05) is 15.9 Å². The molecule has 0 saturated carbocycles. The van der Waals surface area contributed by atoms with Crippen molar-refractivity contribution in [3.8, 4) is 0 Å². The largest absolute Gasteiger partial charge is 0.339 e. The molecule has 1 fully saturated rings. The number of aryl methyl sites for hydroxylation is 2. The minimum atomic E-state index is -0.0795. The van der Waals surface area contributed by atoms with Gasteiger partial charge in [0.25, 0.3) is 5.91 Å². The number of hydrogen-bond donors (Lipinski definition) is 1. The van der Waals surface area contributed by atoms with Crippen LogP contribution in [0, 0.1) is 12.8 Å². The highest BCUT2D eigenvalue weighted by Gasteiger charge is 2.28. The van der Waals surface area contributed by atoms with E-state index in [9.17, 15) is 9.59 Å². The monoisotopic (exact) mass is 404 g/mol. The van der Waals surface area contributed by atoms with E-state index >= 15 is 0 Å². The Kier molecular flexibility index (Phi) is 5.22. The summed E-state index contributed by atoms with van der Waals surface area (Å²) in [6.45, 7) is 3.08. The fourth-order valence-electron chi connectivity index (χ4n) is 3.08. The minimum absolute atomic E-state index is 0.00117. The van der Waals surface area contributed by atoms with Crippen LogP contribution in [-0.2, 0) is 11.8 Å². The number of anilines is 1. The van der Waals surface area contributed by atoms with Gasteiger partial charge in [0.15, 0.2) is 0 Å². The number of aromatic nitrogens is 2. The van der Waals surface area contributed by atoms with Gasteiger partial charge in [0, 0.05) is 42.2 Å². The molecule has 7 heteroatoms. The third kappa shape index (κ3) is 4.10. The van der Waals surface area contributed by atoms with Gasteiger partial charge < -0.3 is 10.2 Å². The molecule has 0 unspecified atom stereocenters. The Labute approximate surface area is 155 Å². The van der Waals surface area contributed by atoms with Gasteiger partial charge >= 0.3 is 0 Å². The van der Waals surface area contributed by atoms with Crippen LogP contribution >= 0.6 is 15.9 Å². The summed E-state index contributed by atoms with van der Waals surface area (Å²) in [7, 11) is 1.81. The van der Waals surface area contributed by atoms with Crippen LogP contribution in [0.25, 0.3) is 0 Å². The molecule has 3 rings (SSSR count). The van der Waals surface area contributed by atoms with Gasteiger partial charge in [-0.3, -0.25) is 14.3 Å². The van der Waals surface area contributed by atoms with Crippen molar-refractivity contribution in [3.63, 3.8) is 0 Å². The first-order chi connectivity index (χ1) is 11.9. The fourth-order valence-corrected chi connectivity index (χ4v) is 3.34. The molecule has 0 spiro atoms. The number of carbonyl (C=O) groups is 2. The number of nitrogens with one attached hydrogen (secondary N) is 1. The molecule has 1 aromatic carbocycles. The van der Waals surface area contributed by atoms with Gasteiger partial charge in [-0.25, -0.2) is 0 Å². The lowest BCUT2D eigenvalue weighted by molar-refractivity contribution is -0.121. The van der Waals surface area contributed by atoms with E-state index in [1.165, 1.54) is 0 Å². The summed E-state index contributed by atoms with van der Waals surface area (Å²) in [4.78, 5) is 26.8. The molecule has 1 N–H and O–H groups in total. The Hall–Kier alpha value is -2.15. The molecule has 6 nitrogen and oxygen atoms in total. The van der Waals surface area contributed by atoms with Crippen LogP contribution in [0.5, 0.6) is 0 Å². The van der Waals surface area contributed by atoms with Crippen LogP contribution < -0.4 is 5.32 Å². The molecule has 1 aliphatic rings. The first-order valence-corrected chi connectivity index (χ1v) is 9.09. The van der Waals surface area contributed by atoms with E-state index in [1.54, 1.807) is 4.68 Å². The van der Waals surface area contributed by atoms with E-state index in [0.29, 0.717) is 37.3 Å². The van der Waals surface area contributed by atoms with E-state index in [1.807, 2.05) is 49.2 Å². The Morgan fingerprint density at radius 3 is 2.40 bits per heavy atom. The molecule has 1 aliphatic heterocycles. The highest BCUT2D eigenvalue weighted by atomic mass is 79.9. The second kappa shape index (κ2) is 7.39. The molecule has 1 saturated heterocycles. The van der Waals surface area contributed by atoms with Gasteiger partial charge in [0.05, 0.1) is 5.69 Å². The van der Waals surface area contributed by atoms with Gasteiger partial charge in [-0.05, 0) is 44.0 Å². The van der Waals surface area contributed by atoms with Crippen molar-refractivity contribution in [1.29, 1.82) is 0 Å². The highest BCUT2D eigenvalue weighted by molar-refractivity contribution is 9.10. The van der Waals surface area contributed by atoms with Gasteiger partial charge in [0.2, 0.25) is 5.91 Å². The van der Waals surface area contributed by atoms with Crippen LogP contribution in [0.3, 0.4) is 0 Å². The fraction of sp³-hybridized carbons (Fsp3) is 0.389. The lowest BCUT2D eigenvalue weighted by Gasteiger charge is -2.31. The number of carbonyl (C=O) groups excluding carboxylic acids is 2. The van der Waals surface area contributed by atoms with Crippen LogP contribution in [0.15, 0.2) is 34.8 Å². The molecule has 2 heterocycles. The molecule has 1 aromatic heterocycles. The zero-order valence-electron chi connectivity index (χ0n) is 14.3. The van der Waals surface area contributed by atoms with E-state index < -0.39 is 0 Å². The topological polar surface area (TPSA) is 67.2 Å². The van der Waals surface area contributed by atoms with E-state index in [-0.39, 0.29) is 17.7 Å². The number of nitrogens with zero attached hydrogens (tertiary/aromatic N) is 3. The maximum Gasteiger partial charge on any atom is 0.253 e. The smallest absolute Gasteiger partial charge is 0.253 e.